The lowest BCUT2D eigenvalue weighted by atomic mass is 10.2. The summed E-state index contributed by atoms with van der Waals surface area (Å²) in [6.07, 6.45) is 1.88. The van der Waals surface area contributed by atoms with Gasteiger partial charge >= 0.3 is 0 Å². The molecule has 2 N–H and O–H groups in total. The van der Waals surface area contributed by atoms with E-state index < -0.39 is 0 Å². The summed E-state index contributed by atoms with van der Waals surface area (Å²) in [5, 5.41) is 12.2. The Morgan fingerprint density at radius 3 is 2.89 bits per heavy atom. The van der Waals surface area contributed by atoms with Crippen LogP contribution < -0.4 is 5.32 Å². The van der Waals surface area contributed by atoms with Crippen LogP contribution in [0.15, 0.2) is 42.6 Å². The molecule has 2 aromatic rings. The average Bonchev–Trinajstić information content (AvgIpc) is 2.84. The van der Waals surface area contributed by atoms with Gasteiger partial charge in [0.15, 0.2) is 0 Å². The maximum Gasteiger partial charge on any atom is 0.268 e. The lowest BCUT2D eigenvalue weighted by Crippen LogP contribution is -2.25. The number of carbonyl (C=O) groups excluding carboxylic acids is 1. The molecule has 1 aromatic heterocycles. The van der Waals surface area contributed by atoms with Crippen LogP contribution in [0.2, 0.25) is 0 Å². The Labute approximate surface area is 106 Å². The number of benzene rings is 1. The number of hydrogen-bond donors (Lipinski definition) is 2. The van der Waals surface area contributed by atoms with E-state index in [1.807, 2.05) is 29.8 Å². The van der Waals surface area contributed by atoms with E-state index in [1.54, 1.807) is 24.3 Å². The van der Waals surface area contributed by atoms with Crippen LogP contribution in [-0.2, 0) is 13.1 Å². The van der Waals surface area contributed by atoms with Gasteiger partial charge in [0.1, 0.15) is 11.4 Å². The van der Waals surface area contributed by atoms with E-state index >= 15 is 0 Å². The molecule has 1 heterocycles. The molecule has 0 atom stereocenters. The molecule has 0 saturated carbocycles. The Hall–Kier alpha value is -2.23. The highest BCUT2D eigenvalue weighted by molar-refractivity contribution is 5.92. The van der Waals surface area contributed by atoms with E-state index in [0.29, 0.717) is 12.2 Å². The van der Waals surface area contributed by atoms with Gasteiger partial charge in [-0.15, -0.1) is 0 Å². The van der Waals surface area contributed by atoms with Crippen molar-refractivity contribution in [3.05, 3.63) is 53.9 Å². The molecule has 4 heteroatoms. The minimum absolute atomic E-state index is 0.106. The molecular weight excluding hydrogens is 228 g/mol. The molecule has 4 nitrogen and oxygen atoms in total. The van der Waals surface area contributed by atoms with Crippen molar-refractivity contribution in [2.75, 3.05) is 0 Å². The van der Waals surface area contributed by atoms with Gasteiger partial charge in [-0.2, -0.15) is 0 Å². The highest BCUT2D eigenvalue weighted by Gasteiger charge is 2.09. The lowest BCUT2D eigenvalue weighted by Gasteiger charge is -2.08. The number of nitrogens with zero attached hydrogens (tertiary/aromatic N) is 1. The van der Waals surface area contributed by atoms with Gasteiger partial charge in [-0.3, -0.25) is 4.79 Å². The Kier molecular flexibility index (Phi) is 3.67. The molecular formula is C14H16N2O2. The molecule has 0 fully saturated rings. The summed E-state index contributed by atoms with van der Waals surface area (Å²) in [5.74, 6) is 0.101. The predicted molar refractivity (Wildman–Crippen MR) is 69.4 cm³/mol. The smallest absolute Gasteiger partial charge is 0.268 e. The Bertz CT molecular complexity index is 546. The Morgan fingerprint density at radius 1 is 1.33 bits per heavy atom. The number of hydrogen-bond acceptors (Lipinski definition) is 2. The largest absolute Gasteiger partial charge is 0.508 e. The number of aryl methyl sites for hydroxylation is 1. The van der Waals surface area contributed by atoms with Crippen LogP contribution in [-0.4, -0.2) is 15.6 Å². The second kappa shape index (κ2) is 5.40. The molecule has 18 heavy (non-hydrogen) atoms. The molecule has 0 aliphatic heterocycles. The zero-order valence-electron chi connectivity index (χ0n) is 10.3. The number of aromatic nitrogens is 1. The van der Waals surface area contributed by atoms with Gasteiger partial charge in [0.2, 0.25) is 0 Å². The maximum absolute atomic E-state index is 11.9. The summed E-state index contributed by atoms with van der Waals surface area (Å²) >= 11 is 0. The number of amides is 1. The molecule has 0 unspecified atom stereocenters. The van der Waals surface area contributed by atoms with Crippen LogP contribution in [0.1, 0.15) is 23.0 Å². The zero-order valence-corrected chi connectivity index (χ0v) is 10.3. The average molecular weight is 244 g/mol. The third kappa shape index (κ3) is 2.71. The molecule has 1 aromatic carbocycles. The highest BCUT2D eigenvalue weighted by atomic mass is 16.3. The first kappa shape index (κ1) is 12.2. The maximum atomic E-state index is 11.9. The molecule has 0 bridgehead atoms. The van der Waals surface area contributed by atoms with E-state index in [9.17, 15) is 9.90 Å². The first-order valence-electron chi connectivity index (χ1n) is 5.92. The summed E-state index contributed by atoms with van der Waals surface area (Å²) in [5.41, 5.74) is 1.52. The predicted octanol–water partition coefficient (Wildman–Crippen LogP) is 2.14. The van der Waals surface area contributed by atoms with E-state index in [1.165, 1.54) is 0 Å². The molecule has 0 radical (unpaired) electrons. The summed E-state index contributed by atoms with van der Waals surface area (Å²) in [6.45, 7) is 3.16. The summed E-state index contributed by atoms with van der Waals surface area (Å²) in [6, 6.07) is 10.5. The first-order chi connectivity index (χ1) is 8.70. The van der Waals surface area contributed by atoms with Crippen LogP contribution in [0, 0.1) is 0 Å². The van der Waals surface area contributed by atoms with Gasteiger partial charge in [0.05, 0.1) is 0 Å². The van der Waals surface area contributed by atoms with Gasteiger partial charge in [-0.1, -0.05) is 12.1 Å². The third-order valence-electron chi connectivity index (χ3n) is 2.77. The SMILES string of the molecule is CCn1cccc1C(=O)NCc1cccc(O)c1. The molecule has 2 rings (SSSR count). The van der Waals surface area contributed by atoms with Crippen LogP contribution in [0.3, 0.4) is 0 Å². The summed E-state index contributed by atoms with van der Waals surface area (Å²) < 4.78 is 1.89. The standard InChI is InChI=1S/C14H16N2O2/c1-2-16-8-4-7-13(16)14(18)15-10-11-5-3-6-12(17)9-11/h3-9,17H,2,10H2,1H3,(H,15,18). The Morgan fingerprint density at radius 2 is 2.17 bits per heavy atom. The number of nitrogens with one attached hydrogen (secondary N) is 1. The summed E-state index contributed by atoms with van der Waals surface area (Å²) in [7, 11) is 0. The van der Waals surface area contributed by atoms with Gasteiger partial charge in [0.25, 0.3) is 5.91 Å². The number of aromatic hydroxyl groups is 1. The van der Waals surface area contributed by atoms with Crippen LogP contribution in [0.5, 0.6) is 5.75 Å². The molecule has 1 amide bonds. The fourth-order valence-corrected chi connectivity index (χ4v) is 1.84. The third-order valence-corrected chi connectivity index (χ3v) is 2.77. The second-order valence-corrected chi connectivity index (χ2v) is 4.03. The van der Waals surface area contributed by atoms with Gasteiger partial charge in [-0.05, 0) is 36.8 Å². The Balaban J connectivity index is 2.00. The first-order valence-corrected chi connectivity index (χ1v) is 5.92. The van der Waals surface area contributed by atoms with Crippen LogP contribution in [0.4, 0.5) is 0 Å². The van der Waals surface area contributed by atoms with Crippen molar-refractivity contribution in [1.82, 2.24) is 9.88 Å². The monoisotopic (exact) mass is 244 g/mol. The number of rotatable bonds is 4. The zero-order chi connectivity index (χ0) is 13.0. The minimum atomic E-state index is -0.106. The van der Waals surface area contributed by atoms with Crippen molar-refractivity contribution in [2.24, 2.45) is 0 Å². The van der Waals surface area contributed by atoms with Crippen molar-refractivity contribution in [3.8, 4) is 5.75 Å². The molecule has 0 spiro atoms. The van der Waals surface area contributed by atoms with Crippen molar-refractivity contribution in [2.45, 2.75) is 20.0 Å². The number of phenols is 1. The van der Waals surface area contributed by atoms with Gasteiger partial charge in [0, 0.05) is 19.3 Å². The van der Waals surface area contributed by atoms with Crippen molar-refractivity contribution in [1.29, 1.82) is 0 Å². The van der Waals surface area contributed by atoms with Crippen LogP contribution in [0.25, 0.3) is 0 Å². The topological polar surface area (TPSA) is 54.3 Å². The van der Waals surface area contributed by atoms with Crippen molar-refractivity contribution < 1.29 is 9.90 Å². The normalized spacial score (nSPS) is 10.3. The molecule has 0 saturated heterocycles. The van der Waals surface area contributed by atoms with E-state index in [-0.39, 0.29) is 11.7 Å². The van der Waals surface area contributed by atoms with Gasteiger partial charge in [-0.25, -0.2) is 0 Å². The van der Waals surface area contributed by atoms with E-state index in [2.05, 4.69) is 5.32 Å². The second-order valence-electron chi connectivity index (χ2n) is 4.03. The van der Waals surface area contributed by atoms with Gasteiger partial charge < -0.3 is 15.0 Å². The highest BCUT2D eigenvalue weighted by Crippen LogP contribution is 2.10. The van der Waals surface area contributed by atoms with Crippen molar-refractivity contribution >= 4 is 5.91 Å². The molecule has 0 aliphatic rings. The van der Waals surface area contributed by atoms with Crippen molar-refractivity contribution in [3.63, 3.8) is 0 Å². The van der Waals surface area contributed by atoms with Crippen LogP contribution >= 0.6 is 0 Å². The van der Waals surface area contributed by atoms with E-state index in [4.69, 9.17) is 0 Å². The quantitative estimate of drug-likeness (QED) is 0.865. The minimum Gasteiger partial charge on any atom is -0.508 e. The molecule has 94 valence electrons. The molecule has 0 aliphatic carbocycles. The van der Waals surface area contributed by atoms with E-state index in [0.717, 1.165) is 12.1 Å². The fourth-order valence-electron chi connectivity index (χ4n) is 1.84. The lowest BCUT2D eigenvalue weighted by molar-refractivity contribution is 0.0941. The number of phenolic OH excluding ortho intramolecular Hbond substituents is 1. The number of carbonyl (C=O) groups is 1. The fraction of sp³-hybridized carbons (Fsp3) is 0.214. The summed E-state index contributed by atoms with van der Waals surface area (Å²) in [4.78, 5) is 11.9.